The molecule has 0 bridgehead atoms. The van der Waals surface area contributed by atoms with E-state index in [1.165, 1.54) is 0 Å². The molecule has 0 radical (unpaired) electrons. The van der Waals surface area contributed by atoms with Gasteiger partial charge in [-0.05, 0) is 24.6 Å². The zero-order valence-electron chi connectivity index (χ0n) is 11.3. The summed E-state index contributed by atoms with van der Waals surface area (Å²) >= 11 is 3.36. The van der Waals surface area contributed by atoms with Crippen molar-refractivity contribution >= 4 is 33.2 Å². The SMILES string of the molecule is Cc1ccc(Br)cc1C(=O)Nc1cc2c(cc1N)OCO2. The lowest BCUT2D eigenvalue weighted by Gasteiger charge is -2.11. The maximum absolute atomic E-state index is 12.4. The Morgan fingerprint density at radius 1 is 1.24 bits per heavy atom. The van der Waals surface area contributed by atoms with Gasteiger partial charge in [0.25, 0.3) is 5.91 Å². The third-order valence-electron chi connectivity index (χ3n) is 3.24. The predicted octanol–water partition coefficient (Wildman–Crippen LogP) is 3.32. The molecule has 0 unspecified atom stereocenters. The lowest BCUT2D eigenvalue weighted by Crippen LogP contribution is -2.14. The fourth-order valence-corrected chi connectivity index (χ4v) is 2.46. The first kappa shape index (κ1) is 13.8. The molecule has 108 valence electrons. The number of benzene rings is 2. The van der Waals surface area contributed by atoms with Crippen molar-refractivity contribution in [2.24, 2.45) is 0 Å². The number of ether oxygens (including phenoxy) is 2. The number of aryl methyl sites for hydroxylation is 1. The van der Waals surface area contributed by atoms with Crippen molar-refractivity contribution in [3.05, 3.63) is 45.9 Å². The first-order chi connectivity index (χ1) is 10.0. The Kier molecular flexibility index (Phi) is 3.47. The minimum atomic E-state index is -0.223. The Hall–Kier alpha value is -2.21. The van der Waals surface area contributed by atoms with Crippen LogP contribution in [0.3, 0.4) is 0 Å². The fourth-order valence-electron chi connectivity index (χ4n) is 2.09. The molecule has 0 saturated carbocycles. The summed E-state index contributed by atoms with van der Waals surface area (Å²) in [5.74, 6) is 0.939. The van der Waals surface area contributed by atoms with Gasteiger partial charge in [0.15, 0.2) is 11.5 Å². The molecular formula is C15H13BrN2O3. The number of carbonyl (C=O) groups is 1. The zero-order chi connectivity index (χ0) is 15.0. The molecule has 21 heavy (non-hydrogen) atoms. The summed E-state index contributed by atoms with van der Waals surface area (Å²) in [5.41, 5.74) is 8.33. The molecule has 2 aromatic carbocycles. The first-order valence-electron chi connectivity index (χ1n) is 6.31. The minimum absolute atomic E-state index is 0.164. The van der Waals surface area contributed by atoms with E-state index < -0.39 is 0 Å². The molecule has 2 aromatic rings. The Labute approximate surface area is 130 Å². The van der Waals surface area contributed by atoms with Crippen molar-refractivity contribution in [1.82, 2.24) is 0 Å². The van der Waals surface area contributed by atoms with Crippen LogP contribution in [0.15, 0.2) is 34.8 Å². The third kappa shape index (κ3) is 2.67. The first-order valence-corrected chi connectivity index (χ1v) is 7.10. The molecule has 1 aliphatic heterocycles. The van der Waals surface area contributed by atoms with Gasteiger partial charge in [0, 0.05) is 22.2 Å². The Morgan fingerprint density at radius 3 is 2.71 bits per heavy atom. The molecular weight excluding hydrogens is 336 g/mol. The molecule has 0 aromatic heterocycles. The quantitative estimate of drug-likeness (QED) is 0.816. The number of halogens is 1. The van der Waals surface area contributed by atoms with Crippen LogP contribution < -0.4 is 20.5 Å². The molecule has 6 heteroatoms. The van der Waals surface area contributed by atoms with Crippen molar-refractivity contribution in [3.63, 3.8) is 0 Å². The summed E-state index contributed by atoms with van der Waals surface area (Å²) in [6.45, 7) is 2.04. The Morgan fingerprint density at radius 2 is 1.95 bits per heavy atom. The van der Waals surface area contributed by atoms with E-state index in [2.05, 4.69) is 21.2 Å². The number of rotatable bonds is 2. The second kappa shape index (κ2) is 5.29. The highest BCUT2D eigenvalue weighted by Gasteiger charge is 2.18. The summed E-state index contributed by atoms with van der Waals surface area (Å²) in [6.07, 6.45) is 0. The van der Waals surface area contributed by atoms with Crippen molar-refractivity contribution < 1.29 is 14.3 Å². The lowest BCUT2D eigenvalue weighted by atomic mass is 10.1. The van der Waals surface area contributed by atoms with Gasteiger partial charge in [-0.25, -0.2) is 0 Å². The van der Waals surface area contributed by atoms with E-state index in [1.807, 2.05) is 19.1 Å². The van der Waals surface area contributed by atoms with Crippen molar-refractivity contribution in [2.45, 2.75) is 6.92 Å². The van der Waals surface area contributed by atoms with E-state index in [4.69, 9.17) is 15.2 Å². The molecule has 0 spiro atoms. The molecule has 3 N–H and O–H groups in total. The van der Waals surface area contributed by atoms with Crippen LogP contribution in [0.4, 0.5) is 11.4 Å². The smallest absolute Gasteiger partial charge is 0.256 e. The van der Waals surface area contributed by atoms with Crippen LogP contribution in [-0.2, 0) is 0 Å². The normalized spacial score (nSPS) is 12.3. The van der Waals surface area contributed by atoms with Gasteiger partial charge in [0.05, 0.1) is 11.4 Å². The van der Waals surface area contributed by atoms with Gasteiger partial charge in [-0.1, -0.05) is 22.0 Å². The number of nitrogens with two attached hydrogens (primary N) is 1. The molecule has 0 saturated heterocycles. The molecule has 0 aliphatic carbocycles. The number of fused-ring (bicyclic) bond motifs is 1. The van der Waals surface area contributed by atoms with Crippen LogP contribution in [0.5, 0.6) is 11.5 Å². The van der Waals surface area contributed by atoms with Gasteiger partial charge in [-0.2, -0.15) is 0 Å². The number of amides is 1. The standard InChI is InChI=1S/C15H13BrN2O3/c1-8-2-3-9(16)4-10(8)15(19)18-12-6-14-13(5-11(12)17)20-7-21-14/h2-6H,7,17H2,1H3,(H,18,19). The largest absolute Gasteiger partial charge is 0.454 e. The average Bonchev–Trinajstić information content (AvgIpc) is 2.88. The van der Waals surface area contributed by atoms with E-state index in [0.29, 0.717) is 28.4 Å². The third-order valence-corrected chi connectivity index (χ3v) is 3.73. The van der Waals surface area contributed by atoms with Gasteiger partial charge < -0.3 is 20.5 Å². The number of carbonyl (C=O) groups excluding carboxylic acids is 1. The van der Waals surface area contributed by atoms with Crippen molar-refractivity contribution in [1.29, 1.82) is 0 Å². The van der Waals surface area contributed by atoms with E-state index in [-0.39, 0.29) is 12.7 Å². The number of nitrogens with one attached hydrogen (secondary N) is 1. The van der Waals surface area contributed by atoms with Crippen LogP contribution in [0.25, 0.3) is 0 Å². The van der Waals surface area contributed by atoms with E-state index >= 15 is 0 Å². The molecule has 1 heterocycles. The second-order valence-electron chi connectivity index (χ2n) is 4.71. The van der Waals surface area contributed by atoms with Crippen LogP contribution in [0.2, 0.25) is 0 Å². The van der Waals surface area contributed by atoms with Crippen molar-refractivity contribution in [3.8, 4) is 11.5 Å². The highest BCUT2D eigenvalue weighted by Crippen LogP contribution is 2.38. The van der Waals surface area contributed by atoms with Crippen LogP contribution in [0.1, 0.15) is 15.9 Å². The zero-order valence-corrected chi connectivity index (χ0v) is 12.9. The number of anilines is 2. The molecule has 3 rings (SSSR count). The summed E-state index contributed by atoms with van der Waals surface area (Å²) in [5, 5.41) is 2.80. The summed E-state index contributed by atoms with van der Waals surface area (Å²) in [6, 6.07) is 8.85. The summed E-state index contributed by atoms with van der Waals surface area (Å²) in [7, 11) is 0. The summed E-state index contributed by atoms with van der Waals surface area (Å²) < 4.78 is 11.4. The predicted molar refractivity (Wildman–Crippen MR) is 83.8 cm³/mol. The maximum atomic E-state index is 12.4. The van der Waals surface area contributed by atoms with Gasteiger partial charge in [0.2, 0.25) is 6.79 Å². The number of hydrogen-bond donors (Lipinski definition) is 2. The van der Waals surface area contributed by atoms with Crippen LogP contribution >= 0.6 is 15.9 Å². The topological polar surface area (TPSA) is 73.6 Å². The fraction of sp³-hybridized carbons (Fsp3) is 0.133. The van der Waals surface area contributed by atoms with E-state index in [1.54, 1.807) is 18.2 Å². The average molecular weight is 349 g/mol. The lowest BCUT2D eigenvalue weighted by molar-refractivity contribution is 0.102. The monoisotopic (exact) mass is 348 g/mol. The molecule has 0 fully saturated rings. The van der Waals surface area contributed by atoms with E-state index in [0.717, 1.165) is 10.0 Å². The van der Waals surface area contributed by atoms with Crippen molar-refractivity contribution in [2.75, 3.05) is 17.8 Å². The number of nitrogen functional groups attached to an aromatic ring is 1. The van der Waals surface area contributed by atoms with E-state index in [9.17, 15) is 4.79 Å². The van der Waals surface area contributed by atoms with Gasteiger partial charge >= 0.3 is 0 Å². The minimum Gasteiger partial charge on any atom is -0.454 e. The van der Waals surface area contributed by atoms with Gasteiger partial charge in [0.1, 0.15) is 0 Å². The Balaban J connectivity index is 1.90. The molecule has 0 atom stereocenters. The second-order valence-corrected chi connectivity index (χ2v) is 5.62. The highest BCUT2D eigenvalue weighted by atomic mass is 79.9. The van der Waals surface area contributed by atoms with Gasteiger partial charge in [-0.15, -0.1) is 0 Å². The number of hydrogen-bond acceptors (Lipinski definition) is 4. The van der Waals surface area contributed by atoms with Crippen LogP contribution in [-0.4, -0.2) is 12.7 Å². The maximum Gasteiger partial charge on any atom is 0.256 e. The van der Waals surface area contributed by atoms with Gasteiger partial charge in [-0.3, -0.25) is 4.79 Å². The van der Waals surface area contributed by atoms with Crippen LogP contribution in [0, 0.1) is 6.92 Å². The Bertz CT molecular complexity index is 731. The molecule has 1 amide bonds. The molecule has 5 nitrogen and oxygen atoms in total. The highest BCUT2D eigenvalue weighted by molar-refractivity contribution is 9.10. The molecule has 1 aliphatic rings. The summed E-state index contributed by atoms with van der Waals surface area (Å²) in [4.78, 5) is 12.4.